The highest BCUT2D eigenvalue weighted by atomic mass is 35.5. The van der Waals surface area contributed by atoms with Crippen LogP contribution in [0.4, 0.5) is 5.69 Å². The maximum absolute atomic E-state index is 13.3. The molecular weight excluding hydrogens is 421 g/mol. The Morgan fingerprint density at radius 2 is 1.63 bits per heavy atom. The van der Waals surface area contributed by atoms with Gasteiger partial charge in [-0.15, -0.1) is 0 Å². The number of carbonyl (C=O) groups is 2. The SMILES string of the molecule is O=C(O)c1ccc(N2C(=O)/C(=C/c3ccccc3)C=C2c2ccc(Cl)cc2)cc1Cl. The molecule has 1 aliphatic rings. The smallest absolute Gasteiger partial charge is 0.337 e. The van der Waals surface area contributed by atoms with Crippen LogP contribution < -0.4 is 4.90 Å². The Labute approximate surface area is 183 Å². The summed E-state index contributed by atoms with van der Waals surface area (Å²) in [6.45, 7) is 0. The van der Waals surface area contributed by atoms with Gasteiger partial charge in [-0.3, -0.25) is 9.69 Å². The summed E-state index contributed by atoms with van der Waals surface area (Å²) >= 11 is 12.2. The number of hydrogen-bond donors (Lipinski definition) is 1. The second kappa shape index (κ2) is 8.19. The highest BCUT2D eigenvalue weighted by Crippen LogP contribution is 2.37. The van der Waals surface area contributed by atoms with Crippen molar-refractivity contribution >= 4 is 52.5 Å². The summed E-state index contributed by atoms with van der Waals surface area (Å²) in [5.74, 6) is -1.36. The summed E-state index contributed by atoms with van der Waals surface area (Å²) in [7, 11) is 0. The second-order valence-electron chi connectivity index (χ2n) is 6.66. The summed E-state index contributed by atoms with van der Waals surface area (Å²) in [5.41, 5.74) is 3.30. The molecule has 148 valence electrons. The third kappa shape index (κ3) is 3.88. The van der Waals surface area contributed by atoms with Crippen LogP contribution in [0.1, 0.15) is 21.5 Å². The zero-order valence-corrected chi connectivity index (χ0v) is 17.1. The molecule has 6 heteroatoms. The third-order valence-corrected chi connectivity index (χ3v) is 5.25. The van der Waals surface area contributed by atoms with Crippen LogP contribution in [0.15, 0.2) is 84.4 Å². The lowest BCUT2D eigenvalue weighted by atomic mass is 10.1. The van der Waals surface area contributed by atoms with Crippen molar-refractivity contribution in [2.24, 2.45) is 0 Å². The Bertz CT molecular complexity index is 1200. The van der Waals surface area contributed by atoms with E-state index in [4.69, 9.17) is 23.2 Å². The van der Waals surface area contributed by atoms with E-state index in [1.807, 2.05) is 48.5 Å². The van der Waals surface area contributed by atoms with E-state index in [0.29, 0.717) is 22.0 Å². The summed E-state index contributed by atoms with van der Waals surface area (Å²) in [5, 5.41) is 9.88. The predicted octanol–water partition coefficient (Wildman–Crippen LogP) is 6.16. The zero-order chi connectivity index (χ0) is 21.3. The van der Waals surface area contributed by atoms with Gasteiger partial charge in [0.2, 0.25) is 0 Å². The summed E-state index contributed by atoms with van der Waals surface area (Å²) in [6.07, 6.45) is 3.61. The first-order valence-corrected chi connectivity index (χ1v) is 9.81. The van der Waals surface area contributed by atoms with E-state index < -0.39 is 5.97 Å². The van der Waals surface area contributed by atoms with Gasteiger partial charge in [0, 0.05) is 10.6 Å². The predicted molar refractivity (Wildman–Crippen MR) is 120 cm³/mol. The fraction of sp³-hybridized carbons (Fsp3) is 0. The lowest BCUT2D eigenvalue weighted by Gasteiger charge is -2.21. The molecule has 0 aliphatic carbocycles. The van der Waals surface area contributed by atoms with Crippen molar-refractivity contribution in [1.82, 2.24) is 0 Å². The molecule has 1 heterocycles. The number of halogens is 2. The molecule has 3 aromatic rings. The second-order valence-corrected chi connectivity index (χ2v) is 7.50. The molecule has 1 aliphatic heterocycles. The van der Waals surface area contributed by atoms with Crippen LogP contribution >= 0.6 is 23.2 Å². The Hall–Kier alpha value is -3.34. The Morgan fingerprint density at radius 3 is 2.27 bits per heavy atom. The number of rotatable bonds is 4. The minimum Gasteiger partial charge on any atom is -0.478 e. The van der Waals surface area contributed by atoms with Gasteiger partial charge in [0.25, 0.3) is 5.91 Å². The number of carbonyl (C=O) groups excluding carboxylic acids is 1. The molecule has 0 unspecified atom stereocenters. The fourth-order valence-electron chi connectivity index (χ4n) is 3.25. The Morgan fingerprint density at radius 1 is 0.933 bits per heavy atom. The molecule has 0 bridgehead atoms. The Kier molecular flexibility index (Phi) is 5.44. The highest BCUT2D eigenvalue weighted by Gasteiger charge is 2.31. The maximum atomic E-state index is 13.3. The van der Waals surface area contributed by atoms with Gasteiger partial charge in [-0.1, -0.05) is 65.7 Å². The van der Waals surface area contributed by atoms with Crippen molar-refractivity contribution < 1.29 is 14.7 Å². The van der Waals surface area contributed by atoms with Crippen LogP contribution in [0.5, 0.6) is 0 Å². The minimum atomic E-state index is -1.13. The lowest BCUT2D eigenvalue weighted by molar-refractivity contribution is -0.113. The first-order chi connectivity index (χ1) is 14.4. The molecule has 0 saturated heterocycles. The zero-order valence-electron chi connectivity index (χ0n) is 15.5. The molecule has 4 rings (SSSR count). The number of hydrogen-bond acceptors (Lipinski definition) is 2. The van der Waals surface area contributed by atoms with E-state index >= 15 is 0 Å². The number of aromatic carboxylic acids is 1. The third-order valence-electron chi connectivity index (χ3n) is 4.69. The first-order valence-electron chi connectivity index (χ1n) is 9.06. The lowest BCUT2D eigenvalue weighted by Crippen LogP contribution is -2.25. The molecule has 1 amide bonds. The summed E-state index contributed by atoms with van der Waals surface area (Å²) < 4.78 is 0. The van der Waals surface area contributed by atoms with E-state index in [0.717, 1.165) is 11.1 Å². The van der Waals surface area contributed by atoms with Gasteiger partial charge < -0.3 is 5.11 Å². The molecule has 0 saturated carbocycles. The van der Waals surface area contributed by atoms with E-state index in [-0.39, 0.29) is 16.5 Å². The van der Waals surface area contributed by atoms with Crippen molar-refractivity contribution in [2.45, 2.75) is 0 Å². The van der Waals surface area contributed by atoms with E-state index in [2.05, 4.69) is 0 Å². The van der Waals surface area contributed by atoms with Gasteiger partial charge in [-0.2, -0.15) is 0 Å². The van der Waals surface area contributed by atoms with Crippen molar-refractivity contribution in [3.8, 4) is 0 Å². The topological polar surface area (TPSA) is 57.6 Å². The maximum Gasteiger partial charge on any atom is 0.337 e. The van der Waals surface area contributed by atoms with Crippen LogP contribution in [-0.2, 0) is 4.79 Å². The van der Waals surface area contributed by atoms with Crippen LogP contribution in [0.25, 0.3) is 11.8 Å². The number of benzene rings is 3. The average Bonchev–Trinajstić information content (AvgIpc) is 3.05. The molecule has 0 atom stereocenters. The van der Waals surface area contributed by atoms with Gasteiger partial charge in [-0.25, -0.2) is 4.79 Å². The van der Waals surface area contributed by atoms with Crippen molar-refractivity contribution in [2.75, 3.05) is 4.90 Å². The molecule has 1 N–H and O–H groups in total. The van der Waals surface area contributed by atoms with Crippen LogP contribution in [-0.4, -0.2) is 17.0 Å². The highest BCUT2D eigenvalue weighted by molar-refractivity contribution is 6.34. The number of anilines is 1. The van der Waals surface area contributed by atoms with E-state index in [9.17, 15) is 14.7 Å². The van der Waals surface area contributed by atoms with Gasteiger partial charge in [-0.05, 0) is 53.6 Å². The molecule has 0 fully saturated rings. The van der Waals surface area contributed by atoms with Crippen LogP contribution in [0.2, 0.25) is 10.0 Å². The van der Waals surface area contributed by atoms with Crippen molar-refractivity contribution in [3.63, 3.8) is 0 Å². The first kappa shape index (κ1) is 20.0. The largest absolute Gasteiger partial charge is 0.478 e. The normalized spacial score (nSPS) is 14.9. The fourth-order valence-corrected chi connectivity index (χ4v) is 3.63. The standard InChI is InChI=1S/C24H15Cl2NO3/c25-18-8-6-16(7-9-18)22-13-17(12-15-4-2-1-3-5-15)23(28)27(22)19-10-11-20(24(29)30)21(26)14-19/h1-14H,(H,29,30)/b17-12+. The number of carboxylic acid groups (broad SMARTS) is 1. The average molecular weight is 436 g/mol. The number of nitrogens with zero attached hydrogens (tertiary/aromatic N) is 1. The summed E-state index contributed by atoms with van der Waals surface area (Å²) in [6, 6.07) is 21.1. The molecule has 3 aromatic carbocycles. The summed E-state index contributed by atoms with van der Waals surface area (Å²) in [4.78, 5) is 26.1. The molecule has 30 heavy (non-hydrogen) atoms. The molecular formula is C24H15Cl2NO3. The Balaban J connectivity index is 1.83. The van der Waals surface area contributed by atoms with Crippen molar-refractivity contribution in [3.05, 3.63) is 111 Å². The molecule has 0 spiro atoms. The minimum absolute atomic E-state index is 0.0239. The van der Waals surface area contributed by atoms with Crippen LogP contribution in [0.3, 0.4) is 0 Å². The number of amides is 1. The quantitative estimate of drug-likeness (QED) is 0.498. The molecule has 0 radical (unpaired) electrons. The van der Waals surface area contributed by atoms with Gasteiger partial charge in [0.1, 0.15) is 0 Å². The molecule has 0 aromatic heterocycles. The van der Waals surface area contributed by atoms with Crippen LogP contribution in [0, 0.1) is 0 Å². The van der Waals surface area contributed by atoms with E-state index in [1.54, 1.807) is 24.3 Å². The molecule has 4 nitrogen and oxygen atoms in total. The van der Waals surface area contributed by atoms with Crippen molar-refractivity contribution in [1.29, 1.82) is 0 Å². The van der Waals surface area contributed by atoms with Gasteiger partial charge >= 0.3 is 5.97 Å². The van der Waals surface area contributed by atoms with Gasteiger partial charge in [0.05, 0.1) is 22.0 Å². The van der Waals surface area contributed by atoms with E-state index in [1.165, 1.54) is 17.0 Å². The number of carboxylic acids is 1. The van der Waals surface area contributed by atoms with Gasteiger partial charge in [0.15, 0.2) is 0 Å². The monoisotopic (exact) mass is 435 g/mol.